The van der Waals surface area contributed by atoms with Crippen molar-refractivity contribution >= 4 is 40.4 Å². The molecule has 0 aliphatic carbocycles. The third-order valence-electron chi connectivity index (χ3n) is 2.59. The number of anilines is 1. The molecule has 0 unspecified atom stereocenters. The van der Waals surface area contributed by atoms with E-state index in [1.807, 2.05) is 13.0 Å². The van der Waals surface area contributed by atoms with Crippen molar-refractivity contribution in [1.29, 1.82) is 0 Å². The highest BCUT2D eigenvalue weighted by Gasteiger charge is 2.08. The van der Waals surface area contributed by atoms with Crippen molar-refractivity contribution in [3.63, 3.8) is 0 Å². The summed E-state index contributed by atoms with van der Waals surface area (Å²) >= 11 is 13.2. The molecular formula is C13H15Cl2N3O2S. The van der Waals surface area contributed by atoms with Gasteiger partial charge in [0.05, 0.1) is 18.8 Å². The van der Waals surface area contributed by atoms with E-state index in [4.69, 9.17) is 32.7 Å². The van der Waals surface area contributed by atoms with E-state index < -0.39 is 0 Å². The number of aromatic nitrogens is 2. The van der Waals surface area contributed by atoms with E-state index in [1.54, 1.807) is 12.1 Å². The summed E-state index contributed by atoms with van der Waals surface area (Å²) in [6.45, 7) is 4.09. The summed E-state index contributed by atoms with van der Waals surface area (Å²) in [5.74, 6) is 0.707. The highest BCUT2D eigenvalue weighted by atomic mass is 35.5. The van der Waals surface area contributed by atoms with Crippen LogP contribution in [0.4, 0.5) is 5.69 Å². The summed E-state index contributed by atoms with van der Waals surface area (Å²) < 4.78 is 15.3. The van der Waals surface area contributed by atoms with Crippen LogP contribution in [0.5, 0.6) is 5.75 Å². The third kappa shape index (κ3) is 5.00. The molecule has 0 aliphatic rings. The standard InChI is InChI=1S/C13H15Cl2N3O2S/c1-2-19-5-6-20-12-4-3-9(14)7-10(12)16-8-11-13(15)21-18-17-11/h3-4,7,16H,2,5-6,8H2,1H3. The molecule has 0 amide bonds. The van der Waals surface area contributed by atoms with E-state index in [-0.39, 0.29) is 0 Å². The lowest BCUT2D eigenvalue weighted by molar-refractivity contribution is 0.110. The van der Waals surface area contributed by atoms with Crippen LogP contribution in [0, 0.1) is 0 Å². The van der Waals surface area contributed by atoms with Crippen LogP contribution < -0.4 is 10.1 Å². The molecule has 0 saturated heterocycles. The molecule has 5 nitrogen and oxygen atoms in total. The molecular weight excluding hydrogens is 333 g/mol. The Hall–Kier alpha value is -1.08. The highest BCUT2D eigenvalue weighted by molar-refractivity contribution is 7.10. The van der Waals surface area contributed by atoms with Crippen molar-refractivity contribution in [3.05, 3.63) is 33.3 Å². The second-order valence-corrected chi connectivity index (χ2v) is 5.83. The number of nitrogens with one attached hydrogen (secondary N) is 1. The van der Waals surface area contributed by atoms with Gasteiger partial charge < -0.3 is 14.8 Å². The van der Waals surface area contributed by atoms with E-state index in [0.717, 1.165) is 17.2 Å². The minimum absolute atomic E-state index is 0.456. The molecule has 2 aromatic rings. The summed E-state index contributed by atoms with van der Waals surface area (Å²) in [4.78, 5) is 0. The van der Waals surface area contributed by atoms with Crippen LogP contribution in [0.1, 0.15) is 12.6 Å². The second-order valence-electron chi connectivity index (χ2n) is 4.03. The van der Waals surface area contributed by atoms with Gasteiger partial charge in [0.15, 0.2) is 0 Å². The molecule has 0 aliphatic heterocycles. The lowest BCUT2D eigenvalue weighted by atomic mass is 10.3. The molecule has 0 atom stereocenters. The maximum absolute atomic E-state index is 6.02. The monoisotopic (exact) mass is 347 g/mol. The Kier molecular flexibility index (Phi) is 6.50. The molecule has 0 saturated carbocycles. The van der Waals surface area contributed by atoms with Crippen molar-refractivity contribution in [1.82, 2.24) is 9.59 Å². The predicted octanol–water partition coefficient (Wildman–Crippen LogP) is 3.87. The SMILES string of the molecule is CCOCCOc1ccc(Cl)cc1NCc1nnsc1Cl. The van der Waals surface area contributed by atoms with Crippen molar-refractivity contribution in [2.45, 2.75) is 13.5 Å². The van der Waals surface area contributed by atoms with Gasteiger partial charge in [0.2, 0.25) is 0 Å². The first-order valence-electron chi connectivity index (χ1n) is 6.41. The lowest BCUT2D eigenvalue weighted by Crippen LogP contribution is -2.08. The summed E-state index contributed by atoms with van der Waals surface area (Å²) in [7, 11) is 0. The molecule has 1 aromatic carbocycles. The van der Waals surface area contributed by atoms with E-state index in [2.05, 4.69) is 14.9 Å². The highest BCUT2D eigenvalue weighted by Crippen LogP contribution is 2.29. The molecule has 0 fully saturated rings. The van der Waals surface area contributed by atoms with Gasteiger partial charge in [-0.3, -0.25) is 0 Å². The Morgan fingerprint density at radius 1 is 1.29 bits per heavy atom. The average molecular weight is 348 g/mol. The quantitative estimate of drug-likeness (QED) is 0.734. The molecule has 114 valence electrons. The summed E-state index contributed by atoms with van der Waals surface area (Å²) in [5.41, 5.74) is 1.48. The molecule has 2 rings (SSSR count). The predicted molar refractivity (Wildman–Crippen MR) is 85.7 cm³/mol. The first kappa shape index (κ1) is 16.3. The van der Waals surface area contributed by atoms with Crippen molar-refractivity contribution in [2.24, 2.45) is 0 Å². The number of hydrogen-bond donors (Lipinski definition) is 1. The van der Waals surface area contributed by atoms with Crippen LogP contribution in [0.2, 0.25) is 9.36 Å². The number of benzene rings is 1. The fourth-order valence-electron chi connectivity index (χ4n) is 1.60. The molecule has 21 heavy (non-hydrogen) atoms. The minimum Gasteiger partial charge on any atom is -0.489 e. The van der Waals surface area contributed by atoms with Crippen molar-refractivity contribution < 1.29 is 9.47 Å². The zero-order valence-electron chi connectivity index (χ0n) is 11.4. The van der Waals surface area contributed by atoms with Gasteiger partial charge in [0.1, 0.15) is 22.4 Å². The normalized spacial score (nSPS) is 10.6. The van der Waals surface area contributed by atoms with E-state index >= 15 is 0 Å². The Bertz CT molecular complexity index is 580. The Morgan fingerprint density at radius 2 is 2.14 bits per heavy atom. The van der Waals surface area contributed by atoms with Gasteiger partial charge in [0, 0.05) is 23.2 Å². The van der Waals surface area contributed by atoms with E-state index in [0.29, 0.717) is 47.2 Å². The van der Waals surface area contributed by atoms with Crippen molar-refractivity contribution in [3.8, 4) is 5.75 Å². The number of rotatable bonds is 8. The van der Waals surface area contributed by atoms with Gasteiger partial charge in [-0.15, -0.1) is 5.10 Å². The average Bonchev–Trinajstić information content (AvgIpc) is 2.88. The zero-order chi connectivity index (χ0) is 15.1. The largest absolute Gasteiger partial charge is 0.489 e. The number of ether oxygens (including phenoxy) is 2. The van der Waals surface area contributed by atoms with Crippen LogP contribution in [0.25, 0.3) is 0 Å². The molecule has 1 aromatic heterocycles. The number of hydrogen-bond acceptors (Lipinski definition) is 6. The fraction of sp³-hybridized carbons (Fsp3) is 0.385. The van der Waals surface area contributed by atoms with Crippen LogP contribution in [0.15, 0.2) is 18.2 Å². The molecule has 1 N–H and O–H groups in total. The van der Waals surface area contributed by atoms with Gasteiger partial charge in [0.25, 0.3) is 0 Å². The minimum atomic E-state index is 0.456. The summed E-state index contributed by atoms with van der Waals surface area (Å²) in [6, 6.07) is 5.39. The molecule has 0 radical (unpaired) electrons. The Labute approximate surface area is 137 Å². The van der Waals surface area contributed by atoms with Crippen LogP contribution in [0.3, 0.4) is 0 Å². The topological polar surface area (TPSA) is 56.3 Å². The Balaban J connectivity index is 1.99. The molecule has 8 heteroatoms. The molecule has 1 heterocycles. The van der Waals surface area contributed by atoms with Gasteiger partial charge in [-0.2, -0.15) is 0 Å². The smallest absolute Gasteiger partial charge is 0.142 e. The van der Waals surface area contributed by atoms with Crippen molar-refractivity contribution in [2.75, 3.05) is 25.1 Å². The van der Waals surface area contributed by atoms with Gasteiger partial charge in [-0.25, -0.2) is 0 Å². The maximum atomic E-state index is 6.02. The van der Waals surface area contributed by atoms with Gasteiger partial charge >= 0.3 is 0 Å². The maximum Gasteiger partial charge on any atom is 0.142 e. The second kappa shape index (κ2) is 8.38. The van der Waals surface area contributed by atoms with Gasteiger partial charge in [-0.05, 0) is 25.1 Å². The first-order valence-corrected chi connectivity index (χ1v) is 7.94. The van der Waals surface area contributed by atoms with E-state index in [9.17, 15) is 0 Å². The molecule has 0 spiro atoms. The lowest BCUT2D eigenvalue weighted by Gasteiger charge is -2.13. The molecule has 0 bridgehead atoms. The third-order valence-corrected chi connectivity index (χ3v) is 3.81. The van der Waals surface area contributed by atoms with Crippen LogP contribution in [-0.2, 0) is 11.3 Å². The van der Waals surface area contributed by atoms with Crippen LogP contribution in [-0.4, -0.2) is 29.4 Å². The number of halogens is 2. The summed E-state index contributed by atoms with van der Waals surface area (Å²) in [6.07, 6.45) is 0. The van der Waals surface area contributed by atoms with E-state index in [1.165, 1.54) is 0 Å². The van der Waals surface area contributed by atoms with Crippen LogP contribution >= 0.6 is 34.7 Å². The van der Waals surface area contributed by atoms with Gasteiger partial charge in [-0.1, -0.05) is 27.7 Å². The first-order chi connectivity index (χ1) is 10.2. The number of nitrogens with zero attached hydrogens (tertiary/aromatic N) is 2. The summed E-state index contributed by atoms with van der Waals surface area (Å²) in [5, 5.41) is 7.78. The zero-order valence-corrected chi connectivity index (χ0v) is 13.8. The Morgan fingerprint density at radius 3 is 2.86 bits per heavy atom. The fourth-order valence-corrected chi connectivity index (χ4v) is 2.40.